The van der Waals surface area contributed by atoms with Crippen LogP contribution in [0.15, 0.2) is 23.2 Å². The van der Waals surface area contributed by atoms with Gasteiger partial charge >= 0.3 is 0 Å². The Morgan fingerprint density at radius 3 is 2.67 bits per heavy atom. The van der Waals surface area contributed by atoms with Crippen LogP contribution >= 0.6 is 11.6 Å². The third-order valence-corrected chi connectivity index (χ3v) is 7.40. The Kier molecular flexibility index (Phi) is 7.54. The molecule has 2 amide bonds. The van der Waals surface area contributed by atoms with Crippen molar-refractivity contribution in [2.45, 2.75) is 50.7 Å². The number of benzene rings is 1. The van der Waals surface area contributed by atoms with Gasteiger partial charge in [0.1, 0.15) is 18.2 Å². The molecule has 9 heteroatoms. The SMILES string of the molecule is CN=CC1CC(OCC(=O)N2CCC3(CC2)CC(NC(=O)COc2ccc(Cl)c(F)c2)C3)C1. The van der Waals surface area contributed by atoms with Crippen LogP contribution < -0.4 is 10.1 Å². The highest BCUT2D eigenvalue weighted by atomic mass is 35.5. The van der Waals surface area contributed by atoms with Crippen molar-refractivity contribution >= 4 is 29.6 Å². The Balaban J connectivity index is 1.10. The van der Waals surface area contributed by atoms with E-state index in [9.17, 15) is 14.0 Å². The van der Waals surface area contributed by atoms with Crippen molar-refractivity contribution in [2.24, 2.45) is 16.3 Å². The highest BCUT2D eigenvalue weighted by Gasteiger charge is 2.46. The van der Waals surface area contributed by atoms with Crippen molar-refractivity contribution < 1.29 is 23.5 Å². The highest BCUT2D eigenvalue weighted by Crippen LogP contribution is 2.49. The van der Waals surface area contributed by atoms with Crippen molar-refractivity contribution in [3.63, 3.8) is 0 Å². The molecule has 180 valence electrons. The zero-order valence-electron chi connectivity index (χ0n) is 18.9. The first kappa shape index (κ1) is 24.0. The number of ether oxygens (including phenoxy) is 2. The van der Waals surface area contributed by atoms with Crippen molar-refractivity contribution in [2.75, 3.05) is 33.4 Å². The predicted molar refractivity (Wildman–Crippen MR) is 123 cm³/mol. The summed E-state index contributed by atoms with van der Waals surface area (Å²) in [6.45, 7) is 1.47. The number of carbonyl (C=O) groups excluding carboxylic acids is 2. The Morgan fingerprint density at radius 2 is 2.00 bits per heavy atom. The molecule has 0 bridgehead atoms. The molecule has 7 nitrogen and oxygen atoms in total. The lowest BCUT2D eigenvalue weighted by atomic mass is 9.60. The van der Waals surface area contributed by atoms with Gasteiger partial charge in [0.25, 0.3) is 5.91 Å². The molecule has 1 aromatic rings. The van der Waals surface area contributed by atoms with Crippen LogP contribution in [0, 0.1) is 17.2 Å². The van der Waals surface area contributed by atoms with E-state index in [1.54, 1.807) is 7.05 Å². The minimum atomic E-state index is -0.578. The van der Waals surface area contributed by atoms with Crippen LogP contribution in [0.25, 0.3) is 0 Å². The average Bonchev–Trinajstić information content (AvgIpc) is 2.75. The molecule has 1 N–H and O–H groups in total. The number of nitrogens with zero attached hydrogens (tertiary/aromatic N) is 2. The monoisotopic (exact) mass is 479 g/mol. The van der Waals surface area contributed by atoms with E-state index >= 15 is 0 Å². The van der Waals surface area contributed by atoms with Gasteiger partial charge in [-0.2, -0.15) is 0 Å². The fraction of sp³-hybridized carbons (Fsp3) is 0.625. The minimum Gasteiger partial charge on any atom is -0.484 e. The standard InChI is InChI=1S/C24H31ClFN3O4/c1-27-13-16-8-19(9-16)33-15-23(31)29-6-4-24(5-7-29)11-17(12-24)28-22(30)14-32-18-2-3-20(25)21(26)10-18/h2-3,10,13,16-17,19H,4-9,11-12,14-15H2,1H3,(H,28,30). The van der Waals surface area contributed by atoms with E-state index in [0.717, 1.165) is 57.7 Å². The first-order chi connectivity index (χ1) is 15.9. The number of halogens is 2. The quantitative estimate of drug-likeness (QED) is 0.580. The summed E-state index contributed by atoms with van der Waals surface area (Å²) in [7, 11) is 1.78. The van der Waals surface area contributed by atoms with Crippen molar-refractivity contribution in [3.8, 4) is 5.75 Å². The smallest absolute Gasteiger partial charge is 0.258 e. The van der Waals surface area contributed by atoms with Crippen LogP contribution in [0.2, 0.25) is 5.02 Å². The fourth-order valence-corrected chi connectivity index (χ4v) is 5.18. The normalized spacial score (nSPS) is 24.4. The number of carbonyl (C=O) groups is 2. The summed E-state index contributed by atoms with van der Waals surface area (Å²) in [5.74, 6) is 0.0235. The molecule has 1 saturated heterocycles. The average molecular weight is 480 g/mol. The van der Waals surface area contributed by atoms with E-state index in [0.29, 0.717) is 5.92 Å². The molecule has 1 aliphatic heterocycles. The second-order valence-electron chi connectivity index (χ2n) is 9.49. The largest absolute Gasteiger partial charge is 0.484 e. The second kappa shape index (κ2) is 10.4. The highest BCUT2D eigenvalue weighted by molar-refractivity contribution is 6.30. The zero-order chi connectivity index (χ0) is 23.4. The summed E-state index contributed by atoms with van der Waals surface area (Å²) in [6, 6.07) is 4.21. The van der Waals surface area contributed by atoms with Gasteiger partial charge in [0.05, 0.1) is 11.1 Å². The Hall–Kier alpha value is -2.19. The van der Waals surface area contributed by atoms with Gasteiger partial charge in [0.2, 0.25) is 5.91 Å². The summed E-state index contributed by atoms with van der Waals surface area (Å²) >= 11 is 5.65. The number of hydrogen-bond donors (Lipinski definition) is 1. The molecule has 1 spiro atoms. The number of amides is 2. The third-order valence-electron chi connectivity index (χ3n) is 7.10. The fourth-order valence-electron chi connectivity index (χ4n) is 5.07. The third kappa shape index (κ3) is 6.03. The molecule has 0 aromatic heterocycles. The molecule has 1 aromatic carbocycles. The second-order valence-corrected chi connectivity index (χ2v) is 9.90. The van der Waals surface area contributed by atoms with Crippen molar-refractivity contribution in [1.82, 2.24) is 10.2 Å². The van der Waals surface area contributed by atoms with E-state index in [1.165, 1.54) is 12.1 Å². The van der Waals surface area contributed by atoms with Gasteiger partial charge in [0.15, 0.2) is 6.61 Å². The van der Waals surface area contributed by atoms with E-state index < -0.39 is 5.82 Å². The number of aliphatic imine (C=N–C) groups is 1. The number of piperidine rings is 1. The number of likely N-dealkylation sites (tertiary alicyclic amines) is 1. The maximum atomic E-state index is 13.4. The van der Waals surface area contributed by atoms with Crippen LogP contribution in [0.3, 0.4) is 0 Å². The topological polar surface area (TPSA) is 80.2 Å². The Morgan fingerprint density at radius 1 is 1.27 bits per heavy atom. The lowest BCUT2D eigenvalue weighted by Crippen LogP contribution is -2.56. The molecule has 0 radical (unpaired) electrons. The first-order valence-electron chi connectivity index (χ1n) is 11.5. The summed E-state index contributed by atoms with van der Waals surface area (Å²) in [6.07, 6.45) is 7.74. The Bertz CT molecular complexity index is 890. The van der Waals surface area contributed by atoms with E-state index in [1.807, 2.05) is 11.1 Å². The van der Waals surface area contributed by atoms with Crippen LogP contribution in [-0.4, -0.2) is 68.4 Å². The van der Waals surface area contributed by atoms with E-state index in [4.69, 9.17) is 21.1 Å². The molecular formula is C24H31ClFN3O4. The molecule has 4 rings (SSSR count). The Labute approximate surface area is 198 Å². The van der Waals surface area contributed by atoms with Gasteiger partial charge in [-0.1, -0.05) is 11.6 Å². The molecule has 33 heavy (non-hydrogen) atoms. The molecular weight excluding hydrogens is 449 g/mol. The van der Waals surface area contributed by atoms with E-state index in [2.05, 4.69) is 10.3 Å². The number of rotatable bonds is 8. The first-order valence-corrected chi connectivity index (χ1v) is 11.9. The minimum absolute atomic E-state index is 0.0150. The summed E-state index contributed by atoms with van der Waals surface area (Å²) in [5.41, 5.74) is 0.205. The van der Waals surface area contributed by atoms with Crippen LogP contribution in [0.4, 0.5) is 4.39 Å². The molecule has 1 heterocycles. The summed E-state index contributed by atoms with van der Waals surface area (Å²) in [5, 5.41) is 3.00. The lowest BCUT2D eigenvalue weighted by molar-refractivity contribution is -0.144. The lowest BCUT2D eigenvalue weighted by Gasteiger charge is -2.52. The predicted octanol–water partition coefficient (Wildman–Crippen LogP) is 3.24. The molecule has 3 aliphatic rings. The van der Waals surface area contributed by atoms with Gasteiger partial charge in [-0.3, -0.25) is 9.59 Å². The van der Waals surface area contributed by atoms with Gasteiger partial charge in [0, 0.05) is 38.5 Å². The van der Waals surface area contributed by atoms with Crippen molar-refractivity contribution in [3.05, 3.63) is 29.0 Å². The molecule has 2 saturated carbocycles. The number of hydrogen-bond acceptors (Lipinski definition) is 5. The molecule has 0 atom stereocenters. The van der Waals surface area contributed by atoms with E-state index in [-0.39, 0.29) is 53.4 Å². The molecule has 0 unspecified atom stereocenters. The zero-order valence-corrected chi connectivity index (χ0v) is 19.7. The maximum Gasteiger partial charge on any atom is 0.258 e. The van der Waals surface area contributed by atoms with Crippen LogP contribution in [0.5, 0.6) is 5.75 Å². The van der Waals surface area contributed by atoms with Crippen LogP contribution in [0.1, 0.15) is 38.5 Å². The van der Waals surface area contributed by atoms with Crippen molar-refractivity contribution in [1.29, 1.82) is 0 Å². The summed E-state index contributed by atoms with van der Waals surface area (Å²) in [4.78, 5) is 30.6. The van der Waals surface area contributed by atoms with Gasteiger partial charge in [-0.25, -0.2) is 4.39 Å². The summed E-state index contributed by atoms with van der Waals surface area (Å²) < 4.78 is 24.5. The van der Waals surface area contributed by atoms with Gasteiger partial charge in [-0.05, 0) is 62.0 Å². The molecule has 3 fully saturated rings. The van der Waals surface area contributed by atoms with Crippen LogP contribution in [-0.2, 0) is 14.3 Å². The van der Waals surface area contributed by atoms with Gasteiger partial charge in [-0.15, -0.1) is 0 Å². The number of nitrogens with one attached hydrogen (secondary N) is 1. The molecule has 2 aliphatic carbocycles. The van der Waals surface area contributed by atoms with Gasteiger partial charge < -0.3 is 24.7 Å². The maximum absolute atomic E-state index is 13.4.